The molecule has 134 valence electrons. The quantitative estimate of drug-likeness (QED) is 0.890. The van der Waals surface area contributed by atoms with Gasteiger partial charge in [-0.3, -0.25) is 4.98 Å². The van der Waals surface area contributed by atoms with Gasteiger partial charge in [-0.05, 0) is 57.2 Å². The zero-order valence-electron chi connectivity index (χ0n) is 15.0. The highest BCUT2D eigenvalue weighted by molar-refractivity contribution is 5.92. The van der Waals surface area contributed by atoms with Gasteiger partial charge in [0.05, 0.1) is 25.4 Å². The van der Waals surface area contributed by atoms with Crippen LogP contribution < -0.4 is 20.1 Å². The zero-order valence-corrected chi connectivity index (χ0v) is 15.0. The number of methoxy groups -OCH3 is 2. The summed E-state index contributed by atoms with van der Waals surface area (Å²) in [6, 6.07) is 2.42. The van der Waals surface area contributed by atoms with Gasteiger partial charge in [0.25, 0.3) is 5.88 Å². The molecular formula is C19H26N4O2. The number of anilines is 1. The Morgan fingerprint density at radius 3 is 2.84 bits per heavy atom. The standard InChI is InChI=1S/C19H26N4O2/c1-24-16-11-15-18(23-19(16)25-2)17(13-6-3-7-14(13)22-15)21-12-5-4-9-20-10-8-12/h11-12,20H,3-10H2,1-2H3,(H,21,22)/t12-/m1/s1. The van der Waals surface area contributed by atoms with Crippen molar-refractivity contribution >= 4 is 16.7 Å². The molecule has 2 aromatic heterocycles. The highest BCUT2D eigenvalue weighted by Crippen LogP contribution is 2.37. The average Bonchev–Trinajstić information content (AvgIpc) is 2.95. The van der Waals surface area contributed by atoms with Crippen molar-refractivity contribution in [2.24, 2.45) is 0 Å². The summed E-state index contributed by atoms with van der Waals surface area (Å²) in [5.74, 6) is 1.14. The molecule has 6 nitrogen and oxygen atoms in total. The summed E-state index contributed by atoms with van der Waals surface area (Å²) in [5.41, 5.74) is 5.48. The molecule has 2 aromatic rings. The van der Waals surface area contributed by atoms with E-state index in [9.17, 15) is 0 Å². The number of aryl methyl sites for hydroxylation is 1. The first kappa shape index (κ1) is 16.4. The lowest BCUT2D eigenvalue weighted by Crippen LogP contribution is -2.22. The number of nitrogens with one attached hydrogen (secondary N) is 2. The number of aromatic nitrogens is 2. The maximum Gasteiger partial charge on any atom is 0.257 e. The summed E-state index contributed by atoms with van der Waals surface area (Å²) in [5, 5.41) is 7.30. The van der Waals surface area contributed by atoms with Crippen molar-refractivity contribution in [2.45, 2.75) is 44.6 Å². The van der Waals surface area contributed by atoms with Gasteiger partial charge in [-0.1, -0.05) is 0 Å². The van der Waals surface area contributed by atoms with Gasteiger partial charge in [0.15, 0.2) is 5.75 Å². The fourth-order valence-corrected chi connectivity index (χ4v) is 3.96. The van der Waals surface area contributed by atoms with Crippen molar-refractivity contribution in [1.29, 1.82) is 0 Å². The van der Waals surface area contributed by atoms with Crippen LogP contribution >= 0.6 is 0 Å². The Hall–Kier alpha value is -2.08. The van der Waals surface area contributed by atoms with Crippen molar-refractivity contribution in [2.75, 3.05) is 32.6 Å². The number of pyridine rings is 2. The lowest BCUT2D eigenvalue weighted by molar-refractivity contribution is 0.344. The van der Waals surface area contributed by atoms with E-state index in [-0.39, 0.29) is 0 Å². The van der Waals surface area contributed by atoms with Crippen LogP contribution in [0.25, 0.3) is 11.0 Å². The molecule has 0 amide bonds. The average molecular weight is 342 g/mol. The van der Waals surface area contributed by atoms with Crippen molar-refractivity contribution in [3.8, 4) is 11.6 Å². The van der Waals surface area contributed by atoms with Crippen LogP contribution in [0.5, 0.6) is 11.6 Å². The first-order valence-electron chi connectivity index (χ1n) is 9.22. The van der Waals surface area contributed by atoms with E-state index in [1.165, 1.54) is 24.1 Å². The Labute approximate surface area is 148 Å². The third-order valence-electron chi connectivity index (χ3n) is 5.25. The molecule has 0 radical (unpaired) electrons. The second-order valence-corrected chi connectivity index (χ2v) is 6.86. The monoisotopic (exact) mass is 342 g/mol. The van der Waals surface area contributed by atoms with Crippen molar-refractivity contribution in [3.05, 3.63) is 17.3 Å². The number of rotatable bonds is 4. The summed E-state index contributed by atoms with van der Waals surface area (Å²) in [7, 11) is 3.26. The van der Waals surface area contributed by atoms with Gasteiger partial charge in [-0.2, -0.15) is 0 Å². The van der Waals surface area contributed by atoms with Crippen LogP contribution in [0.4, 0.5) is 5.69 Å². The van der Waals surface area contributed by atoms with Crippen LogP contribution in [0.2, 0.25) is 0 Å². The molecule has 2 aliphatic rings. The Morgan fingerprint density at radius 2 is 2.00 bits per heavy atom. The van der Waals surface area contributed by atoms with Gasteiger partial charge in [-0.25, -0.2) is 4.98 Å². The number of fused-ring (bicyclic) bond motifs is 2. The van der Waals surface area contributed by atoms with Crippen LogP contribution in [0.1, 0.15) is 36.9 Å². The molecule has 1 fully saturated rings. The maximum absolute atomic E-state index is 5.43. The number of hydrogen-bond acceptors (Lipinski definition) is 6. The number of nitrogens with zero attached hydrogens (tertiary/aromatic N) is 2. The Bertz CT molecular complexity index is 770. The number of ether oxygens (including phenoxy) is 2. The Balaban J connectivity index is 1.82. The van der Waals surface area contributed by atoms with Crippen LogP contribution in [-0.4, -0.2) is 43.3 Å². The van der Waals surface area contributed by atoms with Crippen LogP contribution in [0.15, 0.2) is 6.07 Å². The van der Waals surface area contributed by atoms with Gasteiger partial charge in [0.2, 0.25) is 0 Å². The van der Waals surface area contributed by atoms with Gasteiger partial charge in [-0.15, -0.1) is 0 Å². The smallest absolute Gasteiger partial charge is 0.257 e. The first-order valence-corrected chi connectivity index (χ1v) is 9.22. The molecular weight excluding hydrogens is 316 g/mol. The van der Waals surface area contributed by atoms with Gasteiger partial charge in [0, 0.05) is 17.8 Å². The molecule has 1 aliphatic heterocycles. The summed E-state index contributed by atoms with van der Waals surface area (Å²) in [6.45, 7) is 2.17. The molecule has 0 saturated carbocycles. The van der Waals surface area contributed by atoms with E-state index < -0.39 is 0 Å². The van der Waals surface area contributed by atoms with Crippen molar-refractivity contribution in [1.82, 2.24) is 15.3 Å². The topological polar surface area (TPSA) is 68.3 Å². The third-order valence-corrected chi connectivity index (χ3v) is 5.25. The fourth-order valence-electron chi connectivity index (χ4n) is 3.96. The largest absolute Gasteiger partial charge is 0.491 e. The molecule has 0 aromatic carbocycles. The molecule has 1 aliphatic carbocycles. The molecule has 0 unspecified atom stereocenters. The molecule has 25 heavy (non-hydrogen) atoms. The third kappa shape index (κ3) is 3.11. The minimum atomic E-state index is 0.472. The maximum atomic E-state index is 5.43. The van der Waals surface area contributed by atoms with Crippen LogP contribution in [-0.2, 0) is 12.8 Å². The predicted octanol–water partition coefficient (Wildman–Crippen LogP) is 2.69. The molecule has 1 atom stereocenters. The van der Waals surface area contributed by atoms with E-state index in [0.29, 0.717) is 17.7 Å². The minimum absolute atomic E-state index is 0.472. The lowest BCUT2D eigenvalue weighted by atomic mass is 10.1. The molecule has 0 bridgehead atoms. The first-order chi connectivity index (χ1) is 12.3. The summed E-state index contributed by atoms with van der Waals surface area (Å²) >= 11 is 0. The summed E-state index contributed by atoms with van der Waals surface area (Å²) in [4.78, 5) is 9.60. The van der Waals surface area contributed by atoms with Crippen molar-refractivity contribution < 1.29 is 9.47 Å². The molecule has 2 N–H and O–H groups in total. The van der Waals surface area contributed by atoms with Crippen LogP contribution in [0.3, 0.4) is 0 Å². The zero-order chi connectivity index (χ0) is 17.2. The number of hydrogen-bond donors (Lipinski definition) is 2. The normalized spacial score (nSPS) is 20.2. The SMILES string of the molecule is COc1cc2nc3c(c(N[C@@H]4CCCNCC4)c2nc1OC)CCC3. The minimum Gasteiger partial charge on any atom is -0.491 e. The Morgan fingerprint density at radius 1 is 1.08 bits per heavy atom. The van der Waals surface area contributed by atoms with Gasteiger partial charge in [0.1, 0.15) is 5.52 Å². The lowest BCUT2D eigenvalue weighted by Gasteiger charge is -2.21. The summed E-state index contributed by atoms with van der Waals surface area (Å²) in [6.07, 6.45) is 6.79. The molecule has 4 rings (SSSR count). The van der Waals surface area contributed by atoms with E-state index in [0.717, 1.165) is 55.5 Å². The van der Waals surface area contributed by atoms with E-state index in [1.807, 2.05) is 6.07 Å². The summed E-state index contributed by atoms with van der Waals surface area (Å²) < 4.78 is 10.8. The predicted molar refractivity (Wildman–Crippen MR) is 98.8 cm³/mol. The van der Waals surface area contributed by atoms with E-state index in [2.05, 4.69) is 10.6 Å². The van der Waals surface area contributed by atoms with E-state index in [1.54, 1.807) is 14.2 Å². The fraction of sp³-hybridized carbons (Fsp3) is 0.579. The van der Waals surface area contributed by atoms with Crippen LogP contribution in [0, 0.1) is 0 Å². The van der Waals surface area contributed by atoms with Crippen molar-refractivity contribution in [3.63, 3.8) is 0 Å². The van der Waals surface area contributed by atoms with E-state index in [4.69, 9.17) is 19.4 Å². The Kier molecular flexibility index (Phi) is 4.61. The molecule has 6 heteroatoms. The highest BCUT2D eigenvalue weighted by Gasteiger charge is 2.24. The van der Waals surface area contributed by atoms with Gasteiger partial charge >= 0.3 is 0 Å². The van der Waals surface area contributed by atoms with E-state index >= 15 is 0 Å². The second kappa shape index (κ2) is 7.04. The molecule has 0 spiro atoms. The second-order valence-electron chi connectivity index (χ2n) is 6.86. The highest BCUT2D eigenvalue weighted by atomic mass is 16.5. The van der Waals surface area contributed by atoms with Gasteiger partial charge < -0.3 is 20.1 Å². The molecule has 1 saturated heterocycles. The molecule has 3 heterocycles.